The van der Waals surface area contributed by atoms with Crippen molar-refractivity contribution >= 4 is 17.2 Å². The second kappa shape index (κ2) is 5.62. The molecule has 4 nitrogen and oxygen atoms in total. The number of rotatable bonds is 3. The average Bonchev–Trinajstić information content (AvgIpc) is 3.03. The lowest BCUT2D eigenvalue weighted by Crippen LogP contribution is -2.17. The number of pyridine rings is 1. The van der Waals surface area contributed by atoms with Gasteiger partial charge in [0.15, 0.2) is 0 Å². The Labute approximate surface area is 118 Å². The van der Waals surface area contributed by atoms with Gasteiger partial charge in [0.25, 0.3) is 0 Å². The molecular weight excluding hydrogens is 248 g/mol. The largest absolute Gasteiger partial charge is 0.372 e. The van der Waals surface area contributed by atoms with Crippen molar-refractivity contribution in [2.75, 3.05) is 23.3 Å². The predicted octanol–water partition coefficient (Wildman–Crippen LogP) is 3.30. The first-order chi connectivity index (χ1) is 9.86. The lowest BCUT2D eigenvalue weighted by molar-refractivity contribution is 0.949. The summed E-state index contributed by atoms with van der Waals surface area (Å²) in [6, 6.07) is 14.0. The summed E-state index contributed by atoms with van der Waals surface area (Å²) in [6.07, 6.45) is 4.24. The molecule has 3 rings (SSSR count). The normalized spacial score (nSPS) is 14.1. The van der Waals surface area contributed by atoms with Crippen LogP contribution in [-0.2, 0) is 0 Å². The Hall–Kier alpha value is -2.54. The molecule has 2 heterocycles. The van der Waals surface area contributed by atoms with Crippen LogP contribution >= 0.6 is 0 Å². The maximum atomic E-state index is 9.05. The lowest BCUT2D eigenvalue weighted by Gasteiger charge is -2.18. The summed E-state index contributed by atoms with van der Waals surface area (Å²) in [4.78, 5) is 6.59. The van der Waals surface area contributed by atoms with Crippen molar-refractivity contribution in [1.29, 1.82) is 5.26 Å². The minimum Gasteiger partial charge on any atom is -0.372 e. The minimum absolute atomic E-state index is 0.552. The van der Waals surface area contributed by atoms with E-state index >= 15 is 0 Å². The van der Waals surface area contributed by atoms with E-state index in [1.807, 2.05) is 12.1 Å². The van der Waals surface area contributed by atoms with Crippen LogP contribution in [0.25, 0.3) is 0 Å². The number of hydrogen-bond acceptors (Lipinski definition) is 4. The molecular formula is C16H16N4. The maximum Gasteiger partial charge on any atom is 0.148 e. The molecule has 0 bridgehead atoms. The molecule has 0 spiro atoms. The van der Waals surface area contributed by atoms with Gasteiger partial charge >= 0.3 is 0 Å². The zero-order valence-corrected chi connectivity index (χ0v) is 11.2. The second-order valence-electron chi connectivity index (χ2n) is 4.88. The third-order valence-corrected chi connectivity index (χ3v) is 3.53. The van der Waals surface area contributed by atoms with Crippen molar-refractivity contribution in [3.8, 4) is 6.07 Å². The van der Waals surface area contributed by atoms with Crippen molar-refractivity contribution in [2.45, 2.75) is 12.8 Å². The quantitative estimate of drug-likeness (QED) is 0.924. The molecule has 20 heavy (non-hydrogen) atoms. The second-order valence-corrected chi connectivity index (χ2v) is 4.88. The van der Waals surface area contributed by atoms with Crippen LogP contribution in [0.15, 0.2) is 42.6 Å². The molecule has 1 saturated heterocycles. The van der Waals surface area contributed by atoms with Crippen LogP contribution in [0, 0.1) is 11.3 Å². The Morgan fingerprint density at radius 2 is 1.85 bits per heavy atom. The fourth-order valence-electron chi connectivity index (χ4n) is 2.46. The average molecular weight is 264 g/mol. The summed E-state index contributed by atoms with van der Waals surface area (Å²) in [7, 11) is 0. The molecule has 4 heteroatoms. The van der Waals surface area contributed by atoms with Gasteiger partial charge in [0, 0.05) is 30.7 Å². The predicted molar refractivity (Wildman–Crippen MR) is 80.1 cm³/mol. The molecule has 1 aromatic carbocycles. The van der Waals surface area contributed by atoms with Gasteiger partial charge in [0.1, 0.15) is 11.9 Å². The standard InChI is InChI=1S/C16H16N4/c17-12-13-4-3-9-18-16(13)19-14-5-7-15(8-6-14)20-10-1-2-11-20/h3-9H,1-2,10-11H2,(H,18,19). The van der Waals surface area contributed by atoms with Crippen molar-refractivity contribution < 1.29 is 0 Å². The van der Waals surface area contributed by atoms with Crippen LogP contribution in [0.3, 0.4) is 0 Å². The molecule has 0 radical (unpaired) electrons. The molecule has 1 aromatic heterocycles. The molecule has 2 aromatic rings. The molecule has 0 aliphatic carbocycles. The lowest BCUT2D eigenvalue weighted by atomic mass is 10.2. The highest BCUT2D eigenvalue weighted by Crippen LogP contribution is 2.24. The van der Waals surface area contributed by atoms with Crippen LogP contribution in [0.1, 0.15) is 18.4 Å². The van der Waals surface area contributed by atoms with Crippen LogP contribution in [0.2, 0.25) is 0 Å². The number of nitriles is 1. The highest BCUT2D eigenvalue weighted by atomic mass is 15.1. The summed E-state index contributed by atoms with van der Waals surface area (Å²) < 4.78 is 0. The van der Waals surface area contributed by atoms with Crippen molar-refractivity contribution in [1.82, 2.24) is 4.98 Å². The van der Waals surface area contributed by atoms with E-state index in [1.165, 1.54) is 18.5 Å². The van der Waals surface area contributed by atoms with Crippen LogP contribution in [0.4, 0.5) is 17.2 Å². The zero-order valence-electron chi connectivity index (χ0n) is 11.2. The van der Waals surface area contributed by atoms with Crippen LogP contribution in [-0.4, -0.2) is 18.1 Å². The van der Waals surface area contributed by atoms with E-state index in [0.717, 1.165) is 18.8 Å². The van der Waals surface area contributed by atoms with Gasteiger partial charge in [-0.2, -0.15) is 5.26 Å². The third-order valence-electron chi connectivity index (χ3n) is 3.53. The van der Waals surface area contributed by atoms with E-state index in [4.69, 9.17) is 5.26 Å². The monoisotopic (exact) mass is 264 g/mol. The van der Waals surface area contributed by atoms with E-state index in [0.29, 0.717) is 11.4 Å². The molecule has 1 aliphatic rings. The Balaban J connectivity index is 1.76. The highest BCUT2D eigenvalue weighted by molar-refractivity contribution is 5.64. The van der Waals surface area contributed by atoms with Crippen molar-refractivity contribution in [3.63, 3.8) is 0 Å². The molecule has 100 valence electrons. The molecule has 0 unspecified atom stereocenters. The minimum atomic E-state index is 0.552. The molecule has 0 saturated carbocycles. The maximum absolute atomic E-state index is 9.05. The number of aromatic nitrogens is 1. The first-order valence-electron chi connectivity index (χ1n) is 6.84. The van der Waals surface area contributed by atoms with Gasteiger partial charge in [-0.3, -0.25) is 0 Å². The molecule has 0 amide bonds. The van der Waals surface area contributed by atoms with Gasteiger partial charge in [-0.25, -0.2) is 4.98 Å². The number of anilines is 3. The van der Waals surface area contributed by atoms with E-state index in [1.54, 1.807) is 18.3 Å². The van der Waals surface area contributed by atoms with Gasteiger partial charge < -0.3 is 10.2 Å². The number of nitrogens with zero attached hydrogens (tertiary/aromatic N) is 3. The fourth-order valence-corrected chi connectivity index (χ4v) is 2.46. The molecule has 1 aliphatic heterocycles. The first-order valence-corrected chi connectivity index (χ1v) is 6.84. The fraction of sp³-hybridized carbons (Fsp3) is 0.250. The van der Waals surface area contributed by atoms with E-state index in [-0.39, 0.29) is 0 Å². The van der Waals surface area contributed by atoms with Gasteiger partial charge in [0.05, 0.1) is 5.56 Å². The summed E-state index contributed by atoms with van der Waals surface area (Å²) in [5.74, 6) is 0.601. The van der Waals surface area contributed by atoms with Crippen LogP contribution in [0.5, 0.6) is 0 Å². The topological polar surface area (TPSA) is 52.0 Å². The van der Waals surface area contributed by atoms with Gasteiger partial charge in [-0.15, -0.1) is 0 Å². The first kappa shape index (κ1) is 12.5. The van der Waals surface area contributed by atoms with Crippen LogP contribution < -0.4 is 10.2 Å². The number of hydrogen-bond donors (Lipinski definition) is 1. The SMILES string of the molecule is N#Cc1cccnc1Nc1ccc(N2CCCC2)cc1. The zero-order chi connectivity index (χ0) is 13.8. The van der Waals surface area contributed by atoms with Gasteiger partial charge in [0.2, 0.25) is 0 Å². The summed E-state index contributed by atoms with van der Waals surface area (Å²) in [5.41, 5.74) is 2.76. The molecule has 1 N–H and O–H groups in total. The van der Waals surface area contributed by atoms with Crippen molar-refractivity contribution in [3.05, 3.63) is 48.2 Å². The van der Waals surface area contributed by atoms with Crippen molar-refractivity contribution in [2.24, 2.45) is 0 Å². The molecule has 0 atom stereocenters. The van der Waals surface area contributed by atoms with Gasteiger partial charge in [-0.05, 0) is 49.2 Å². The third kappa shape index (κ3) is 2.57. The Morgan fingerprint density at radius 3 is 2.55 bits per heavy atom. The van der Waals surface area contributed by atoms with Gasteiger partial charge in [-0.1, -0.05) is 0 Å². The van der Waals surface area contributed by atoms with E-state index < -0.39 is 0 Å². The summed E-state index contributed by atoms with van der Waals surface area (Å²) in [5, 5.41) is 12.2. The Bertz CT molecular complexity index is 622. The van der Waals surface area contributed by atoms with E-state index in [2.05, 4.69) is 33.4 Å². The van der Waals surface area contributed by atoms with E-state index in [9.17, 15) is 0 Å². The Morgan fingerprint density at radius 1 is 1.10 bits per heavy atom. The number of nitrogens with one attached hydrogen (secondary N) is 1. The highest BCUT2D eigenvalue weighted by Gasteiger charge is 2.11. The Kier molecular flexibility index (Phi) is 3.51. The number of benzene rings is 1. The molecule has 1 fully saturated rings. The summed E-state index contributed by atoms with van der Waals surface area (Å²) >= 11 is 0. The smallest absolute Gasteiger partial charge is 0.148 e. The summed E-state index contributed by atoms with van der Waals surface area (Å²) in [6.45, 7) is 2.29.